The molecule has 1 aromatic carbocycles. The van der Waals surface area contributed by atoms with Gasteiger partial charge in [0.25, 0.3) is 0 Å². The summed E-state index contributed by atoms with van der Waals surface area (Å²) in [5, 5.41) is 9.81. The second-order valence-corrected chi connectivity index (χ2v) is 4.71. The van der Waals surface area contributed by atoms with Gasteiger partial charge in [-0.2, -0.15) is 5.10 Å². The molecular formula is C12H14ClN3. The number of nitrogens with one attached hydrogen (secondary N) is 1. The lowest BCUT2D eigenvalue weighted by atomic mass is 10.1. The van der Waals surface area contributed by atoms with E-state index in [0.29, 0.717) is 6.04 Å². The van der Waals surface area contributed by atoms with Crippen LogP contribution in [0.4, 0.5) is 0 Å². The lowest BCUT2D eigenvalue weighted by Gasteiger charge is -2.23. The summed E-state index contributed by atoms with van der Waals surface area (Å²) in [4.78, 5) is 0. The molecule has 1 aliphatic rings. The summed E-state index contributed by atoms with van der Waals surface area (Å²) in [5.74, 6) is 0. The Balaban J connectivity index is 2.05. The summed E-state index contributed by atoms with van der Waals surface area (Å²) in [6, 6.07) is 6.46. The highest BCUT2D eigenvalue weighted by atomic mass is 35.5. The highest BCUT2D eigenvalue weighted by Crippen LogP contribution is 2.25. The molecule has 3 nitrogen and oxygen atoms in total. The van der Waals surface area contributed by atoms with Gasteiger partial charge in [-0.15, -0.1) is 0 Å². The highest BCUT2D eigenvalue weighted by molar-refractivity contribution is 6.31. The molecule has 84 valence electrons. The molecule has 1 fully saturated rings. The van der Waals surface area contributed by atoms with Gasteiger partial charge in [-0.05, 0) is 44.1 Å². The van der Waals surface area contributed by atoms with Crippen molar-refractivity contribution in [3.05, 3.63) is 29.4 Å². The molecule has 2 aromatic rings. The van der Waals surface area contributed by atoms with Gasteiger partial charge >= 0.3 is 0 Å². The number of piperidine rings is 1. The molecule has 2 heterocycles. The van der Waals surface area contributed by atoms with Crippen LogP contribution >= 0.6 is 11.6 Å². The molecule has 16 heavy (non-hydrogen) atoms. The van der Waals surface area contributed by atoms with E-state index in [1.54, 1.807) is 0 Å². The average Bonchev–Trinajstić information content (AvgIpc) is 2.73. The lowest BCUT2D eigenvalue weighted by Crippen LogP contribution is -2.29. The number of benzene rings is 1. The van der Waals surface area contributed by atoms with E-state index in [0.717, 1.165) is 36.5 Å². The topological polar surface area (TPSA) is 29.9 Å². The summed E-state index contributed by atoms with van der Waals surface area (Å²) in [7, 11) is 0. The predicted octanol–water partition coefficient (Wildman–Crippen LogP) is 2.61. The first-order chi connectivity index (χ1) is 7.84. The van der Waals surface area contributed by atoms with E-state index in [9.17, 15) is 0 Å². The van der Waals surface area contributed by atoms with Gasteiger partial charge in [0, 0.05) is 10.4 Å². The normalized spacial score (nSPS) is 18.1. The number of hydrogen-bond donors (Lipinski definition) is 1. The minimum absolute atomic E-state index is 0.511. The van der Waals surface area contributed by atoms with E-state index < -0.39 is 0 Å². The van der Waals surface area contributed by atoms with Crippen LogP contribution in [0.5, 0.6) is 0 Å². The first-order valence-corrected chi connectivity index (χ1v) is 6.06. The lowest BCUT2D eigenvalue weighted by molar-refractivity contribution is 0.351. The van der Waals surface area contributed by atoms with Gasteiger partial charge in [0.2, 0.25) is 0 Å². The third kappa shape index (κ3) is 1.70. The number of fused-ring (bicyclic) bond motifs is 1. The monoisotopic (exact) mass is 235 g/mol. The fourth-order valence-corrected chi connectivity index (χ4v) is 2.52. The molecule has 0 amide bonds. The van der Waals surface area contributed by atoms with Crippen LogP contribution in [0.1, 0.15) is 18.9 Å². The van der Waals surface area contributed by atoms with Crippen molar-refractivity contribution >= 4 is 22.5 Å². The average molecular weight is 236 g/mol. The zero-order valence-electron chi connectivity index (χ0n) is 8.99. The van der Waals surface area contributed by atoms with E-state index in [1.165, 1.54) is 5.39 Å². The second-order valence-electron chi connectivity index (χ2n) is 4.27. The van der Waals surface area contributed by atoms with Gasteiger partial charge in [-0.25, -0.2) is 0 Å². The minimum Gasteiger partial charge on any atom is -0.317 e. The Morgan fingerprint density at radius 2 is 2.12 bits per heavy atom. The van der Waals surface area contributed by atoms with Gasteiger partial charge in [0.15, 0.2) is 0 Å². The summed E-state index contributed by atoms with van der Waals surface area (Å²) in [6.45, 7) is 2.15. The molecule has 3 rings (SSSR count). The smallest absolute Gasteiger partial charge is 0.0700 e. The summed E-state index contributed by atoms with van der Waals surface area (Å²) < 4.78 is 2.13. The zero-order chi connectivity index (χ0) is 11.0. The number of rotatable bonds is 1. The Bertz CT molecular complexity index is 500. The van der Waals surface area contributed by atoms with Gasteiger partial charge in [0.05, 0.1) is 17.8 Å². The zero-order valence-corrected chi connectivity index (χ0v) is 9.74. The summed E-state index contributed by atoms with van der Waals surface area (Å²) in [6.07, 6.45) is 4.21. The number of hydrogen-bond acceptors (Lipinski definition) is 2. The van der Waals surface area contributed by atoms with E-state index in [4.69, 9.17) is 11.6 Å². The van der Waals surface area contributed by atoms with Crippen molar-refractivity contribution in [3.63, 3.8) is 0 Å². The van der Waals surface area contributed by atoms with Crippen molar-refractivity contribution in [2.45, 2.75) is 18.9 Å². The molecule has 0 spiro atoms. The van der Waals surface area contributed by atoms with Crippen molar-refractivity contribution in [1.29, 1.82) is 0 Å². The molecule has 0 radical (unpaired) electrons. The summed E-state index contributed by atoms with van der Waals surface area (Å²) in [5.41, 5.74) is 1.15. The Kier molecular flexibility index (Phi) is 2.58. The fourth-order valence-electron chi connectivity index (χ4n) is 2.35. The van der Waals surface area contributed by atoms with Crippen LogP contribution in [0, 0.1) is 0 Å². The standard InChI is InChI=1S/C12H14ClN3/c13-10-2-1-9-8-15-16(12(9)7-10)11-3-5-14-6-4-11/h1-2,7-8,11,14H,3-6H2. The molecule has 0 saturated carbocycles. The van der Waals surface area contributed by atoms with Crippen molar-refractivity contribution < 1.29 is 0 Å². The van der Waals surface area contributed by atoms with Gasteiger partial charge in [-0.3, -0.25) is 4.68 Å². The van der Waals surface area contributed by atoms with Gasteiger partial charge < -0.3 is 5.32 Å². The van der Waals surface area contributed by atoms with Crippen LogP contribution in [-0.4, -0.2) is 22.9 Å². The first-order valence-electron chi connectivity index (χ1n) is 5.68. The Morgan fingerprint density at radius 3 is 2.94 bits per heavy atom. The largest absolute Gasteiger partial charge is 0.317 e. The van der Waals surface area contributed by atoms with Crippen LogP contribution in [0.3, 0.4) is 0 Å². The molecule has 0 bridgehead atoms. The first kappa shape index (κ1) is 10.1. The van der Waals surface area contributed by atoms with Crippen LogP contribution in [-0.2, 0) is 0 Å². The van der Waals surface area contributed by atoms with Crippen molar-refractivity contribution in [1.82, 2.24) is 15.1 Å². The molecule has 1 aromatic heterocycles. The van der Waals surface area contributed by atoms with Crippen molar-refractivity contribution in [3.8, 4) is 0 Å². The number of aromatic nitrogens is 2. The van der Waals surface area contributed by atoms with E-state index in [-0.39, 0.29) is 0 Å². The van der Waals surface area contributed by atoms with Crippen LogP contribution < -0.4 is 5.32 Å². The highest BCUT2D eigenvalue weighted by Gasteiger charge is 2.17. The molecule has 1 N–H and O–H groups in total. The van der Waals surface area contributed by atoms with E-state index in [1.807, 2.05) is 24.4 Å². The quantitative estimate of drug-likeness (QED) is 0.824. The Labute approximate surface area is 99.4 Å². The molecule has 0 unspecified atom stereocenters. The maximum atomic E-state index is 6.03. The molecule has 0 aliphatic carbocycles. The minimum atomic E-state index is 0.511. The van der Waals surface area contributed by atoms with Crippen molar-refractivity contribution in [2.75, 3.05) is 13.1 Å². The molecule has 1 saturated heterocycles. The SMILES string of the molecule is Clc1ccc2cnn(C3CCNCC3)c2c1. The Morgan fingerprint density at radius 1 is 1.31 bits per heavy atom. The molecular weight excluding hydrogens is 222 g/mol. The van der Waals surface area contributed by atoms with E-state index in [2.05, 4.69) is 15.1 Å². The predicted molar refractivity (Wildman–Crippen MR) is 65.9 cm³/mol. The van der Waals surface area contributed by atoms with Crippen LogP contribution in [0.25, 0.3) is 10.9 Å². The Hall–Kier alpha value is -1.06. The van der Waals surface area contributed by atoms with Crippen LogP contribution in [0.15, 0.2) is 24.4 Å². The van der Waals surface area contributed by atoms with Gasteiger partial charge in [0.1, 0.15) is 0 Å². The number of halogens is 1. The third-order valence-corrected chi connectivity index (χ3v) is 3.45. The van der Waals surface area contributed by atoms with E-state index >= 15 is 0 Å². The molecule has 4 heteroatoms. The fraction of sp³-hybridized carbons (Fsp3) is 0.417. The third-order valence-electron chi connectivity index (χ3n) is 3.22. The maximum absolute atomic E-state index is 6.03. The van der Waals surface area contributed by atoms with Crippen LogP contribution in [0.2, 0.25) is 5.02 Å². The summed E-state index contributed by atoms with van der Waals surface area (Å²) >= 11 is 6.03. The number of nitrogens with zero attached hydrogens (tertiary/aromatic N) is 2. The second kappa shape index (κ2) is 4.07. The molecule has 0 atom stereocenters. The van der Waals surface area contributed by atoms with Crippen molar-refractivity contribution in [2.24, 2.45) is 0 Å². The molecule has 1 aliphatic heterocycles. The maximum Gasteiger partial charge on any atom is 0.0700 e. The van der Waals surface area contributed by atoms with Gasteiger partial charge in [-0.1, -0.05) is 11.6 Å².